The van der Waals surface area contributed by atoms with Crippen LogP contribution in [0.1, 0.15) is 106 Å². The summed E-state index contributed by atoms with van der Waals surface area (Å²) in [4.78, 5) is 12.9. The van der Waals surface area contributed by atoms with Gasteiger partial charge < -0.3 is 10.2 Å². The van der Waals surface area contributed by atoms with Gasteiger partial charge in [0.2, 0.25) is 0 Å². The number of aliphatic hydroxyl groups is 2. The summed E-state index contributed by atoms with van der Waals surface area (Å²) in [5, 5.41) is 21.5. The Hall–Kier alpha value is -0.670. The minimum absolute atomic E-state index is 0.0798. The van der Waals surface area contributed by atoms with E-state index in [1.54, 1.807) is 5.57 Å². The molecule has 0 aromatic rings. The van der Waals surface area contributed by atoms with E-state index >= 15 is 0 Å². The van der Waals surface area contributed by atoms with Crippen molar-refractivity contribution in [1.29, 1.82) is 0 Å². The van der Waals surface area contributed by atoms with E-state index in [2.05, 4.69) is 54.5 Å². The lowest BCUT2D eigenvalue weighted by atomic mass is 9.33. The molecule has 0 amide bonds. The Morgan fingerprint density at radius 1 is 0.909 bits per heavy atom. The van der Waals surface area contributed by atoms with E-state index in [9.17, 15) is 15.0 Å². The van der Waals surface area contributed by atoms with Crippen molar-refractivity contribution in [2.75, 3.05) is 6.61 Å². The van der Waals surface area contributed by atoms with Crippen molar-refractivity contribution in [3.8, 4) is 0 Å². The van der Waals surface area contributed by atoms with Crippen LogP contribution in [0.15, 0.2) is 11.6 Å². The first-order chi connectivity index (χ1) is 15.2. The summed E-state index contributed by atoms with van der Waals surface area (Å²) in [5.74, 6) is 1.91. The molecule has 186 valence electrons. The van der Waals surface area contributed by atoms with Crippen molar-refractivity contribution in [2.24, 2.45) is 50.2 Å². The van der Waals surface area contributed by atoms with Crippen LogP contribution in [0.4, 0.5) is 0 Å². The number of carbonyl (C=O) groups excluding carboxylic acids is 1. The van der Waals surface area contributed by atoms with Gasteiger partial charge in [-0.3, -0.25) is 4.79 Å². The molecule has 33 heavy (non-hydrogen) atoms. The maximum absolute atomic E-state index is 12.9. The molecule has 5 aliphatic carbocycles. The molecule has 0 bridgehead atoms. The molecule has 0 aliphatic heterocycles. The summed E-state index contributed by atoms with van der Waals surface area (Å²) < 4.78 is 0. The number of Topliss-reactive ketones (excluding diaryl/α,β-unsaturated/α-hetero) is 1. The first kappa shape index (κ1) is 24.0. The molecular weight excluding hydrogens is 408 g/mol. The van der Waals surface area contributed by atoms with Gasteiger partial charge in [-0.1, -0.05) is 60.1 Å². The van der Waals surface area contributed by atoms with E-state index < -0.39 is 0 Å². The number of hydrogen-bond donors (Lipinski definition) is 2. The fourth-order valence-corrected chi connectivity index (χ4v) is 10.5. The molecule has 3 nitrogen and oxygen atoms in total. The van der Waals surface area contributed by atoms with Crippen molar-refractivity contribution in [3.05, 3.63) is 11.6 Å². The normalized spacial score (nSPS) is 55.5. The smallest absolute Gasteiger partial charge is 0.138 e. The van der Waals surface area contributed by atoms with Gasteiger partial charge in [-0.25, -0.2) is 0 Å². The highest BCUT2D eigenvalue weighted by Gasteiger charge is 2.68. The fraction of sp³-hybridized carbons (Fsp3) is 0.900. The average Bonchev–Trinajstić information content (AvgIpc) is 2.73. The number of hydrogen-bond acceptors (Lipinski definition) is 3. The van der Waals surface area contributed by atoms with Crippen LogP contribution in [-0.2, 0) is 4.79 Å². The second-order valence-corrected chi connectivity index (χ2v) is 14.9. The van der Waals surface area contributed by atoms with Crippen LogP contribution in [0.3, 0.4) is 0 Å². The quantitative estimate of drug-likeness (QED) is 0.454. The molecule has 3 heteroatoms. The molecule has 0 spiro atoms. The van der Waals surface area contributed by atoms with Crippen LogP contribution in [0.2, 0.25) is 0 Å². The van der Waals surface area contributed by atoms with E-state index in [1.165, 1.54) is 6.42 Å². The highest BCUT2D eigenvalue weighted by atomic mass is 16.3. The summed E-state index contributed by atoms with van der Waals surface area (Å²) >= 11 is 0. The van der Waals surface area contributed by atoms with E-state index in [1.807, 2.05) is 0 Å². The molecule has 0 heterocycles. The molecule has 2 N–H and O–H groups in total. The third kappa shape index (κ3) is 2.85. The topological polar surface area (TPSA) is 57.5 Å². The van der Waals surface area contributed by atoms with E-state index in [0.29, 0.717) is 30.0 Å². The molecule has 0 aromatic carbocycles. The molecular formula is C30H48O3. The van der Waals surface area contributed by atoms with Crippen molar-refractivity contribution in [3.63, 3.8) is 0 Å². The Labute approximate surface area is 201 Å². The first-order valence-corrected chi connectivity index (χ1v) is 13.7. The van der Waals surface area contributed by atoms with E-state index in [0.717, 1.165) is 44.9 Å². The maximum atomic E-state index is 12.9. The van der Waals surface area contributed by atoms with Crippen molar-refractivity contribution in [1.82, 2.24) is 0 Å². The van der Waals surface area contributed by atoms with Crippen LogP contribution < -0.4 is 0 Å². The lowest BCUT2D eigenvalue weighted by molar-refractivity contribution is -0.191. The van der Waals surface area contributed by atoms with Crippen LogP contribution in [0, 0.1) is 50.2 Å². The highest BCUT2D eigenvalue weighted by Crippen LogP contribution is 2.75. The summed E-state index contributed by atoms with van der Waals surface area (Å²) in [6, 6.07) is 0. The van der Waals surface area contributed by atoms with Gasteiger partial charge in [0.15, 0.2) is 0 Å². The van der Waals surface area contributed by atoms with Gasteiger partial charge >= 0.3 is 0 Å². The molecule has 0 aromatic heterocycles. The van der Waals surface area contributed by atoms with Crippen molar-refractivity contribution >= 4 is 5.78 Å². The van der Waals surface area contributed by atoms with Gasteiger partial charge in [-0.05, 0) is 90.8 Å². The zero-order valence-corrected chi connectivity index (χ0v) is 22.3. The Kier molecular flexibility index (Phi) is 5.07. The number of allylic oxidation sites excluding steroid dienone is 2. The molecule has 9 unspecified atom stereocenters. The summed E-state index contributed by atoms with van der Waals surface area (Å²) in [5.41, 5.74) is 1.68. The molecule has 0 saturated heterocycles. The minimum atomic E-state index is -0.345. The Bertz CT molecular complexity index is 889. The minimum Gasteiger partial charge on any atom is -0.396 e. The predicted molar refractivity (Wildman–Crippen MR) is 133 cm³/mol. The van der Waals surface area contributed by atoms with Crippen LogP contribution in [0.5, 0.6) is 0 Å². The van der Waals surface area contributed by atoms with Gasteiger partial charge in [0.05, 0.1) is 6.10 Å². The highest BCUT2D eigenvalue weighted by molar-refractivity contribution is 5.85. The number of ketones is 1. The van der Waals surface area contributed by atoms with E-state index in [4.69, 9.17) is 0 Å². The summed E-state index contributed by atoms with van der Waals surface area (Å²) in [7, 11) is 0. The molecule has 9 atom stereocenters. The third-order valence-electron chi connectivity index (χ3n) is 13.1. The van der Waals surface area contributed by atoms with Gasteiger partial charge in [0, 0.05) is 23.9 Å². The van der Waals surface area contributed by atoms with E-state index in [-0.39, 0.29) is 45.2 Å². The number of fused-ring (bicyclic) bond motifs is 7. The van der Waals surface area contributed by atoms with Gasteiger partial charge in [0.25, 0.3) is 0 Å². The second-order valence-electron chi connectivity index (χ2n) is 14.9. The zero-order valence-electron chi connectivity index (χ0n) is 22.3. The zero-order chi connectivity index (χ0) is 24.2. The summed E-state index contributed by atoms with van der Waals surface area (Å²) in [6.45, 7) is 16.7. The van der Waals surface area contributed by atoms with Crippen LogP contribution >= 0.6 is 0 Å². The molecule has 0 radical (unpaired) electrons. The largest absolute Gasteiger partial charge is 0.396 e. The predicted octanol–water partition coefficient (Wildman–Crippen LogP) is 6.32. The Morgan fingerprint density at radius 2 is 1.61 bits per heavy atom. The fourth-order valence-electron chi connectivity index (χ4n) is 10.5. The molecule has 5 aliphatic rings. The maximum Gasteiger partial charge on any atom is 0.138 e. The Balaban J connectivity index is 1.59. The number of carbonyl (C=O) groups is 1. The molecule has 4 fully saturated rings. The van der Waals surface area contributed by atoms with Gasteiger partial charge in [-0.15, -0.1) is 0 Å². The lowest BCUT2D eigenvalue weighted by Crippen LogP contribution is -2.65. The van der Waals surface area contributed by atoms with Gasteiger partial charge in [0.1, 0.15) is 5.78 Å². The standard InChI is InChI=1S/C30H48O3/c1-25(2)21-10-13-30(7)22(28(21,5)12-11-23(25)32)9-8-19-20-16-26(3,18-31)17-24(33)27(20,4)14-15-29(19,30)6/h8,20-22,24,31,33H,9-18H2,1-7H3. The van der Waals surface area contributed by atoms with Crippen molar-refractivity contribution < 1.29 is 15.0 Å². The SMILES string of the molecule is CC1(CO)CC(O)C2(C)CCC3(C)C(=CCC4C5(C)CCC(=O)C(C)(C)C5CCC43C)C2C1. The monoisotopic (exact) mass is 456 g/mol. The lowest BCUT2D eigenvalue weighted by Gasteiger charge is -2.71. The molecule has 5 rings (SSSR count). The van der Waals surface area contributed by atoms with Crippen molar-refractivity contribution in [2.45, 2.75) is 112 Å². The summed E-state index contributed by atoms with van der Waals surface area (Å²) in [6.07, 6.45) is 11.4. The Morgan fingerprint density at radius 3 is 2.27 bits per heavy atom. The van der Waals surface area contributed by atoms with Crippen LogP contribution in [-0.4, -0.2) is 28.7 Å². The average molecular weight is 457 g/mol. The first-order valence-electron chi connectivity index (χ1n) is 13.7. The second kappa shape index (κ2) is 6.96. The number of rotatable bonds is 1. The molecule has 4 saturated carbocycles. The third-order valence-corrected chi connectivity index (χ3v) is 13.1. The van der Waals surface area contributed by atoms with Crippen LogP contribution in [0.25, 0.3) is 0 Å². The number of aliphatic hydroxyl groups excluding tert-OH is 2. The van der Waals surface area contributed by atoms with Gasteiger partial charge in [-0.2, -0.15) is 0 Å².